The van der Waals surface area contributed by atoms with Gasteiger partial charge in [0.05, 0.1) is 0 Å². The Bertz CT molecular complexity index is 216. The molecule has 0 heterocycles. The Morgan fingerprint density at radius 2 is 2.23 bits per heavy atom. The minimum absolute atomic E-state index is 1.14. The lowest BCUT2D eigenvalue weighted by Crippen LogP contribution is -2.46. The van der Waals surface area contributed by atoms with Crippen molar-refractivity contribution in [1.29, 1.82) is 0 Å². The maximum atomic E-state index is 3.72. The van der Waals surface area contributed by atoms with E-state index in [1.54, 1.807) is 5.20 Å². The van der Waals surface area contributed by atoms with E-state index in [0.717, 1.165) is 6.42 Å². The predicted octanol–water partition coefficient (Wildman–Crippen LogP) is 3.01. The number of unbranched alkanes of at least 4 members (excludes halogenated alkanes) is 1. The molecule has 0 unspecified atom stereocenters. The van der Waals surface area contributed by atoms with Gasteiger partial charge in [0.25, 0.3) is 0 Å². The van der Waals surface area contributed by atoms with Crippen LogP contribution in [-0.4, -0.2) is 14.8 Å². The van der Waals surface area contributed by atoms with E-state index in [-0.39, 0.29) is 0 Å². The molecule has 0 aliphatic heterocycles. The average molecular weight is 195 g/mol. The molecule has 0 fully saturated rings. The second-order valence-corrected chi connectivity index (χ2v) is 8.38. The Morgan fingerprint density at radius 1 is 1.46 bits per heavy atom. The van der Waals surface area contributed by atoms with Crippen LogP contribution in [0.3, 0.4) is 0 Å². The van der Waals surface area contributed by atoms with Crippen molar-refractivity contribution >= 4 is 8.24 Å². The van der Waals surface area contributed by atoms with Crippen LogP contribution >= 0.6 is 0 Å². The molecule has 0 radical (unpaired) electrons. The van der Waals surface area contributed by atoms with Crippen molar-refractivity contribution in [3.8, 4) is 0 Å². The summed E-state index contributed by atoms with van der Waals surface area (Å²) in [7, 11) is -1.28. The van der Waals surface area contributed by atoms with Crippen molar-refractivity contribution in [2.45, 2.75) is 39.3 Å². The summed E-state index contributed by atoms with van der Waals surface area (Å²) in [6, 6.07) is 0. The summed E-state index contributed by atoms with van der Waals surface area (Å²) in [4.78, 5) is 3.72. The molecule has 0 aromatic rings. The Hall–Kier alpha value is -0.343. The molecule has 1 nitrogen and oxygen atoms in total. The molecule has 0 atom stereocenters. The third-order valence-electron chi connectivity index (χ3n) is 2.59. The number of nitrogens with one attached hydrogen (secondary N) is 1. The highest BCUT2D eigenvalue weighted by molar-refractivity contribution is 6.82. The van der Waals surface area contributed by atoms with Crippen LogP contribution in [0.15, 0.2) is 23.4 Å². The number of allylic oxidation sites excluding steroid dienone is 4. The summed E-state index contributed by atoms with van der Waals surface area (Å²) < 4.78 is 0. The molecule has 1 aliphatic carbocycles. The highest BCUT2D eigenvalue weighted by atomic mass is 28.3. The molecule has 0 aromatic heterocycles. The first-order valence-corrected chi connectivity index (χ1v) is 8.29. The van der Waals surface area contributed by atoms with Crippen molar-refractivity contribution in [1.82, 2.24) is 4.98 Å². The molecule has 0 saturated carbocycles. The van der Waals surface area contributed by atoms with Crippen LogP contribution in [0.2, 0.25) is 13.1 Å². The van der Waals surface area contributed by atoms with Gasteiger partial charge in [-0.1, -0.05) is 44.7 Å². The van der Waals surface area contributed by atoms with Crippen LogP contribution in [0.4, 0.5) is 0 Å². The van der Waals surface area contributed by atoms with Gasteiger partial charge in [-0.3, -0.25) is 0 Å². The van der Waals surface area contributed by atoms with Crippen LogP contribution < -0.4 is 4.98 Å². The normalized spacial score (nSPS) is 16.4. The molecule has 0 aromatic carbocycles. The highest BCUT2D eigenvalue weighted by Crippen LogP contribution is 2.18. The summed E-state index contributed by atoms with van der Waals surface area (Å²) in [5.74, 6) is 0. The molecule has 1 N–H and O–H groups in total. The lowest BCUT2D eigenvalue weighted by atomic mass is 10.3. The smallest absolute Gasteiger partial charge is 0.151 e. The van der Waals surface area contributed by atoms with Gasteiger partial charge in [-0.15, -0.1) is 0 Å². The monoisotopic (exact) mass is 195 g/mol. The summed E-state index contributed by atoms with van der Waals surface area (Å²) in [5, 5.41) is 1.57. The Morgan fingerprint density at radius 3 is 2.77 bits per heavy atom. The molecule has 0 amide bonds. The topological polar surface area (TPSA) is 12.0 Å². The fourth-order valence-electron chi connectivity index (χ4n) is 1.60. The van der Waals surface area contributed by atoms with Crippen molar-refractivity contribution < 1.29 is 0 Å². The van der Waals surface area contributed by atoms with Gasteiger partial charge in [0.1, 0.15) is 0 Å². The fraction of sp³-hybridized carbons (Fsp3) is 0.636. The fourth-order valence-corrected chi connectivity index (χ4v) is 3.77. The van der Waals surface area contributed by atoms with Gasteiger partial charge in [-0.2, -0.15) is 0 Å². The van der Waals surface area contributed by atoms with Crippen LogP contribution in [0, 0.1) is 0 Å². The van der Waals surface area contributed by atoms with Crippen molar-refractivity contribution in [2.24, 2.45) is 0 Å². The Labute approximate surface area is 83.0 Å². The van der Waals surface area contributed by atoms with Crippen LogP contribution in [0.25, 0.3) is 0 Å². The summed E-state index contributed by atoms with van der Waals surface area (Å²) in [6.45, 7) is 8.21. The minimum Gasteiger partial charge on any atom is -0.334 e. The van der Waals surface area contributed by atoms with Crippen LogP contribution in [0.5, 0.6) is 0 Å². The Balaban J connectivity index is 2.40. The van der Waals surface area contributed by atoms with E-state index >= 15 is 0 Å². The molecule has 74 valence electrons. The zero-order valence-corrected chi connectivity index (χ0v) is 10.1. The van der Waals surface area contributed by atoms with Crippen molar-refractivity contribution in [2.75, 3.05) is 6.54 Å². The van der Waals surface area contributed by atoms with Gasteiger partial charge in [0.15, 0.2) is 8.24 Å². The lowest BCUT2D eigenvalue weighted by molar-refractivity contribution is 0.756. The third kappa shape index (κ3) is 3.12. The van der Waals surface area contributed by atoms with Gasteiger partial charge in [-0.25, -0.2) is 0 Å². The summed E-state index contributed by atoms with van der Waals surface area (Å²) in [6.07, 6.45) is 10.6. The molecular weight excluding hydrogens is 174 g/mol. The second kappa shape index (κ2) is 4.77. The highest BCUT2D eigenvalue weighted by Gasteiger charge is 2.24. The lowest BCUT2D eigenvalue weighted by Gasteiger charge is -2.24. The summed E-state index contributed by atoms with van der Waals surface area (Å²) in [5.41, 5.74) is 0. The zero-order valence-electron chi connectivity index (χ0n) is 9.06. The SMILES string of the molecule is CCCCN[Si](C)(C)C1=CCC=C1. The maximum absolute atomic E-state index is 3.72. The van der Waals surface area contributed by atoms with E-state index in [1.165, 1.54) is 19.4 Å². The van der Waals surface area contributed by atoms with Gasteiger partial charge in [0.2, 0.25) is 0 Å². The predicted molar refractivity (Wildman–Crippen MR) is 62.2 cm³/mol. The molecule has 0 spiro atoms. The van der Waals surface area contributed by atoms with E-state index in [4.69, 9.17) is 0 Å². The standard InChI is InChI=1S/C11H21NSi/c1-4-5-10-12-13(2,3)11-8-6-7-9-11/h6,8-9,12H,4-5,7,10H2,1-3H3. The molecule has 0 bridgehead atoms. The minimum atomic E-state index is -1.28. The number of hydrogen-bond acceptors (Lipinski definition) is 1. The molecular formula is C11H21NSi. The Kier molecular flexibility index (Phi) is 3.94. The quantitative estimate of drug-likeness (QED) is 0.525. The number of hydrogen-bond donors (Lipinski definition) is 1. The average Bonchev–Trinajstić information content (AvgIpc) is 2.56. The molecule has 1 aliphatic rings. The van der Waals surface area contributed by atoms with Crippen LogP contribution in [-0.2, 0) is 0 Å². The third-order valence-corrected chi connectivity index (χ3v) is 5.54. The largest absolute Gasteiger partial charge is 0.334 e. The van der Waals surface area contributed by atoms with Gasteiger partial charge < -0.3 is 4.98 Å². The first-order valence-electron chi connectivity index (χ1n) is 5.29. The molecule has 13 heavy (non-hydrogen) atoms. The molecule has 1 rings (SSSR count). The van der Waals surface area contributed by atoms with Crippen LogP contribution in [0.1, 0.15) is 26.2 Å². The molecule has 0 saturated heterocycles. The van der Waals surface area contributed by atoms with Crippen molar-refractivity contribution in [3.63, 3.8) is 0 Å². The van der Waals surface area contributed by atoms with E-state index in [9.17, 15) is 0 Å². The second-order valence-electron chi connectivity index (χ2n) is 4.20. The maximum Gasteiger partial charge on any atom is 0.151 e. The van der Waals surface area contributed by atoms with Gasteiger partial charge in [0, 0.05) is 0 Å². The molecule has 2 heteroatoms. The van der Waals surface area contributed by atoms with Crippen molar-refractivity contribution in [3.05, 3.63) is 23.4 Å². The van der Waals surface area contributed by atoms with E-state index in [2.05, 4.69) is 43.2 Å². The number of rotatable bonds is 5. The first kappa shape index (κ1) is 10.7. The zero-order chi connectivity index (χ0) is 9.73. The van der Waals surface area contributed by atoms with E-state index in [1.807, 2.05) is 0 Å². The first-order chi connectivity index (χ1) is 6.17. The van der Waals surface area contributed by atoms with Gasteiger partial charge >= 0.3 is 0 Å². The van der Waals surface area contributed by atoms with E-state index in [0.29, 0.717) is 0 Å². The van der Waals surface area contributed by atoms with E-state index < -0.39 is 8.24 Å². The summed E-state index contributed by atoms with van der Waals surface area (Å²) >= 11 is 0. The van der Waals surface area contributed by atoms with Gasteiger partial charge in [-0.05, 0) is 24.6 Å².